The quantitative estimate of drug-likeness (QED) is 0.399. The Hall–Kier alpha value is -2.99. The molecule has 3 aromatic rings. The number of carbonyl (C=O) groups is 1. The minimum atomic E-state index is -0.160. The number of nitrogens with one attached hydrogen (secondary N) is 1. The summed E-state index contributed by atoms with van der Waals surface area (Å²) in [4.78, 5) is 16.7. The minimum Gasteiger partial charge on any atom is -0.491 e. The number of hydrogen-bond acceptors (Lipinski definition) is 4. The minimum absolute atomic E-state index is 0.160. The summed E-state index contributed by atoms with van der Waals surface area (Å²) in [5, 5.41) is 3.35. The van der Waals surface area contributed by atoms with E-state index < -0.39 is 0 Å². The summed E-state index contributed by atoms with van der Waals surface area (Å²) in [5.41, 5.74) is 2.87. The summed E-state index contributed by atoms with van der Waals surface area (Å²) in [7, 11) is 1.54. The molecule has 0 aliphatic heterocycles. The van der Waals surface area contributed by atoms with Crippen LogP contribution in [-0.2, 0) is 11.3 Å². The lowest BCUT2D eigenvalue weighted by atomic mass is 10.2. The molecule has 0 unspecified atom stereocenters. The average Bonchev–Trinajstić information content (AvgIpc) is 3.05. The van der Waals surface area contributed by atoms with Crippen molar-refractivity contribution in [2.24, 2.45) is 0 Å². The highest BCUT2D eigenvalue weighted by molar-refractivity contribution is 6.32. The van der Waals surface area contributed by atoms with E-state index >= 15 is 0 Å². The van der Waals surface area contributed by atoms with Crippen LogP contribution >= 0.6 is 11.6 Å². The van der Waals surface area contributed by atoms with Crippen molar-refractivity contribution < 1.29 is 14.3 Å². The smallest absolute Gasteiger partial charge is 0.244 e. The molecule has 158 valence electrons. The first-order chi connectivity index (χ1) is 14.5. The molecule has 0 bridgehead atoms. The van der Waals surface area contributed by atoms with Crippen molar-refractivity contribution in [1.29, 1.82) is 0 Å². The standard InChI is InChI=1S/C23H26ClN3O3/c1-4-30-21-15-17(14-18(24)23(21)29-3)10-11-22(28)25-12-7-13-27-16(2)26-19-8-5-6-9-20(19)27/h5-6,8-11,14-15H,4,7,12-13H2,1-3H3,(H,25,28)/b11-10+. The highest BCUT2D eigenvalue weighted by Gasteiger charge is 2.11. The number of aromatic nitrogens is 2. The maximum Gasteiger partial charge on any atom is 0.244 e. The van der Waals surface area contributed by atoms with E-state index in [0.29, 0.717) is 29.7 Å². The Morgan fingerprint density at radius 3 is 2.87 bits per heavy atom. The van der Waals surface area contributed by atoms with E-state index in [4.69, 9.17) is 21.1 Å². The number of rotatable bonds is 9. The average molecular weight is 428 g/mol. The van der Waals surface area contributed by atoms with Crippen LogP contribution in [0.2, 0.25) is 5.02 Å². The number of fused-ring (bicyclic) bond motifs is 1. The van der Waals surface area contributed by atoms with Crippen molar-refractivity contribution in [3.63, 3.8) is 0 Å². The molecule has 0 radical (unpaired) electrons. The zero-order valence-corrected chi connectivity index (χ0v) is 18.2. The van der Waals surface area contributed by atoms with E-state index in [9.17, 15) is 4.79 Å². The van der Waals surface area contributed by atoms with Crippen LogP contribution in [0, 0.1) is 6.92 Å². The summed E-state index contributed by atoms with van der Waals surface area (Å²) in [6, 6.07) is 11.6. The second-order valence-corrected chi connectivity index (χ2v) is 7.15. The highest BCUT2D eigenvalue weighted by atomic mass is 35.5. The number of nitrogens with zero attached hydrogens (tertiary/aromatic N) is 2. The Labute approximate surface area is 181 Å². The predicted octanol–water partition coefficient (Wildman–Crippen LogP) is 4.63. The van der Waals surface area contributed by atoms with Crippen LogP contribution in [0.25, 0.3) is 17.1 Å². The van der Waals surface area contributed by atoms with E-state index in [-0.39, 0.29) is 5.91 Å². The molecule has 1 N–H and O–H groups in total. The number of para-hydroxylation sites is 2. The molecule has 0 fully saturated rings. The molecule has 6 nitrogen and oxygen atoms in total. The topological polar surface area (TPSA) is 65.4 Å². The van der Waals surface area contributed by atoms with Gasteiger partial charge in [0.2, 0.25) is 5.91 Å². The molecule has 0 saturated heterocycles. The first-order valence-corrected chi connectivity index (χ1v) is 10.3. The SMILES string of the molecule is CCOc1cc(/C=C/C(=O)NCCCn2c(C)nc3ccccc32)cc(Cl)c1OC. The molecule has 1 aromatic heterocycles. The molecule has 0 spiro atoms. The van der Waals surface area contributed by atoms with Gasteiger partial charge in [-0.2, -0.15) is 0 Å². The van der Waals surface area contributed by atoms with Gasteiger partial charge in [-0.1, -0.05) is 23.7 Å². The van der Waals surface area contributed by atoms with Crippen LogP contribution in [0.15, 0.2) is 42.5 Å². The second kappa shape index (κ2) is 10.2. The molecule has 7 heteroatoms. The van der Waals surface area contributed by atoms with Gasteiger partial charge in [-0.05, 0) is 56.2 Å². The number of ether oxygens (including phenoxy) is 2. The molecule has 1 amide bonds. The lowest BCUT2D eigenvalue weighted by Crippen LogP contribution is -2.23. The number of carbonyl (C=O) groups excluding carboxylic acids is 1. The third kappa shape index (κ3) is 5.13. The maximum absolute atomic E-state index is 12.2. The Kier molecular flexibility index (Phi) is 7.36. The molecule has 30 heavy (non-hydrogen) atoms. The molecule has 2 aromatic carbocycles. The van der Waals surface area contributed by atoms with Crippen molar-refractivity contribution in [3.05, 3.63) is 58.9 Å². The number of benzene rings is 2. The van der Waals surface area contributed by atoms with Crippen molar-refractivity contribution in [2.75, 3.05) is 20.3 Å². The van der Waals surface area contributed by atoms with Crippen LogP contribution in [0.1, 0.15) is 24.7 Å². The fraction of sp³-hybridized carbons (Fsp3) is 0.304. The van der Waals surface area contributed by atoms with E-state index in [0.717, 1.165) is 35.4 Å². The third-order valence-electron chi connectivity index (χ3n) is 4.67. The summed E-state index contributed by atoms with van der Waals surface area (Å²) < 4.78 is 13.0. The van der Waals surface area contributed by atoms with E-state index in [2.05, 4.69) is 20.9 Å². The molecule has 0 aliphatic rings. The van der Waals surface area contributed by atoms with Gasteiger partial charge in [-0.15, -0.1) is 0 Å². The highest BCUT2D eigenvalue weighted by Crippen LogP contribution is 2.36. The molecule has 1 heterocycles. The lowest BCUT2D eigenvalue weighted by molar-refractivity contribution is -0.116. The van der Waals surface area contributed by atoms with E-state index in [1.54, 1.807) is 25.3 Å². The lowest BCUT2D eigenvalue weighted by Gasteiger charge is -2.11. The normalized spacial score (nSPS) is 11.2. The van der Waals surface area contributed by atoms with Gasteiger partial charge in [0.25, 0.3) is 0 Å². The summed E-state index contributed by atoms with van der Waals surface area (Å²) in [6.45, 7) is 5.74. The fourth-order valence-corrected chi connectivity index (χ4v) is 3.60. The van der Waals surface area contributed by atoms with Crippen LogP contribution in [0.4, 0.5) is 0 Å². The van der Waals surface area contributed by atoms with Gasteiger partial charge in [0.1, 0.15) is 5.82 Å². The van der Waals surface area contributed by atoms with Crippen LogP contribution in [0.3, 0.4) is 0 Å². The number of halogens is 1. The molecule has 0 aliphatic carbocycles. The molecule has 0 atom stereocenters. The van der Waals surface area contributed by atoms with Gasteiger partial charge < -0.3 is 19.4 Å². The third-order valence-corrected chi connectivity index (χ3v) is 4.95. The first kappa shape index (κ1) is 21.7. The Morgan fingerprint density at radius 2 is 2.10 bits per heavy atom. The first-order valence-electron chi connectivity index (χ1n) is 9.91. The zero-order chi connectivity index (χ0) is 21.5. The number of hydrogen-bond donors (Lipinski definition) is 1. The number of imidazole rings is 1. The largest absolute Gasteiger partial charge is 0.491 e. The van der Waals surface area contributed by atoms with Crippen molar-refractivity contribution in [3.8, 4) is 11.5 Å². The van der Waals surface area contributed by atoms with Gasteiger partial charge in [0, 0.05) is 19.2 Å². The number of methoxy groups -OCH3 is 1. The Balaban J connectivity index is 1.54. The van der Waals surface area contributed by atoms with Gasteiger partial charge in [-0.25, -0.2) is 4.98 Å². The van der Waals surface area contributed by atoms with Gasteiger partial charge in [0.05, 0.1) is 29.8 Å². The molecular weight excluding hydrogens is 402 g/mol. The predicted molar refractivity (Wildman–Crippen MR) is 120 cm³/mol. The zero-order valence-electron chi connectivity index (χ0n) is 17.4. The summed E-state index contributed by atoms with van der Waals surface area (Å²) in [5.74, 6) is 1.86. The van der Waals surface area contributed by atoms with Crippen LogP contribution in [-0.4, -0.2) is 35.7 Å². The van der Waals surface area contributed by atoms with Gasteiger partial charge in [0.15, 0.2) is 11.5 Å². The summed E-state index contributed by atoms with van der Waals surface area (Å²) >= 11 is 6.24. The molecule has 3 rings (SSSR count). The van der Waals surface area contributed by atoms with E-state index in [1.807, 2.05) is 32.0 Å². The van der Waals surface area contributed by atoms with Gasteiger partial charge >= 0.3 is 0 Å². The molecule has 0 saturated carbocycles. The van der Waals surface area contributed by atoms with Crippen molar-refractivity contribution in [1.82, 2.24) is 14.9 Å². The molecular formula is C23H26ClN3O3. The monoisotopic (exact) mass is 427 g/mol. The fourth-order valence-electron chi connectivity index (χ4n) is 3.30. The van der Waals surface area contributed by atoms with Crippen LogP contribution < -0.4 is 14.8 Å². The van der Waals surface area contributed by atoms with E-state index in [1.165, 1.54) is 6.08 Å². The number of aryl methyl sites for hydroxylation is 2. The number of amides is 1. The Bertz CT molecular complexity index is 1060. The van der Waals surface area contributed by atoms with Crippen molar-refractivity contribution >= 4 is 34.6 Å². The van der Waals surface area contributed by atoms with Crippen molar-refractivity contribution in [2.45, 2.75) is 26.8 Å². The van der Waals surface area contributed by atoms with Gasteiger partial charge in [-0.3, -0.25) is 4.79 Å². The van der Waals surface area contributed by atoms with Crippen LogP contribution in [0.5, 0.6) is 11.5 Å². The maximum atomic E-state index is 12.2. The Morgan fingerprint density at radius 1 is 1.30 bits per heavy atom. The summed E-state index contributed by atoms with van der Waals surface area (Å²) in [6.07, 6.45) is 4.01. The second-order valence-electron chi connectivity index (χ2n) is 6.74.